The van der Waals surface area contributed by atoms with Crippen molar-refractivity contribution in [3.63, 3.8) is 0 Å². The lowest BCUT2D eigenvalue weighted by Crippen LogP contribution is -2.46. The van der Waals surface area contributed by atoms with Gasteiger partial charge in [-0.15, -0.1) is 0 Å². The minimum atomic E-state index is -0.728. The summed E-state index contributed by atoms with van der Waals surface area (Å²) in [5.41, 5.74) is 8.05. The standard InChI is InChI=1S/C15H21N3O2/c1-10-5-4-6-12(11(10)2)17-13(19)9-18(3)14(20)15(16)7-8-15/h4-6H,7-9,16H2,1-3H3,(H,17,19). The molecule has 1 saturated carbocycles. The molecule has 0 spiro atoms. The number of anilines is 1. The van der Waals surface area contributed by atoms with E-state index in [1.807, 2.05) is 32.0 Å². The van der Waals surface area contributed by atoms with Crippen LogP contribution in [0.1, 0.15) is 24.0 Å². The van der Waals surface area contributed by atoms with Gasteiger partial charge in [-0.05, 0) is 43.9 Å². The molecule has 5 nitrogen and oxygen atoms in total. The third-order valence-corrected chi connectivity index (χ3v) is 3.82. The number of amides is 2. The summed E-state index contributed by atoms with van der Waals surface area (Å²) in [5, 5.41) is 2.84. The van der Waals surface area contributed by atoms with Crippen molar-refractivity contribution in [2.24, 2.45) is 5.73 Å². The number of carbonyl (C=O) groups is 2. The molecular formula is C15H21N3O2. The average Bonchev–Trinajstić information content (AvgIpc) is 3.13. The molecule has 1 aromatic rings. The normalized spacial score (nSPS) is 15.6. The second-order valence-corrected chi connectivity index (χ2v) is 5.61. The Morgan fingerprint density at radius 1 is 1.35 bits per heavy atom. The first-order valence-corrected chi connectivity index (χ1v) is 6.74. The van der Waals surface area contributed by atoms with E-state index in [1.54, 1.807) is 7.05 Å². The van der Waals surface area contributed by atoms with Gasteiger partial charge < -0.3 is 16.0 Å². The predicted molar refractivity (Wildman–Crippen MR) is 78.3 cm³/mol. The number of rotatable bonds is 4. The van der Waals surface area contributed by atoms with Gasteiger partial charge in [0.05, 0.1) is 12.1 Å². The van der Waals surface area contributed by atoms with Crippen molar-refractivity contribution in [3.8, 4) is 0 Å². The van der Waals surface area contributed by atoms with E-state index in [0.29, 0.717) is 12.8 Å². The van der Waals surface area contributed by atoms with E-state index >= 15 is 0 Å². The van der Waals surface area contributed by atoms with Crippen molar-refractivity contribution < 1.29 is 9.59 Å². The van der Waals surface area contributed by atoms with Crippen LogP contribution in [0.25, 0.3) is 0 Å². The van der Waals surface area contributed by atoms with E-state index in [0.717, 1.165) is 16.8 Å². The third kappa shape index (κ3) is 2.99. The molecule has 0 heterocycles. The van der Waals surface area contributed by atoms with E-state index in [4.69, 9.17) is 5.73 Å². The number of nitrogens with one attached hydrogen (secondary N) is 1. The zero-order valence-electron chi connectivity index (χ0n) is 12.2. The van der Waals surface area contributed by atoms with Crippen molar-refractivity contribution in [1.82, 2.24) is 4.90 Å². The minimum absolute atomic E-state index is 0.0190. The van der Waals surface area contributed by atoms with Gasteiger partial charge in [0, 0.05) is 12.7 Å². The number of hydrogen-bond acceptors (Lipinski definition) is 3. The summed E-state index contributed by atoms with van der Waals surface area (Å²) in [4.78, 5) is 25.3. The molecule has 108 valence electrons. The number of likely N-dealkylation sites (N-methyl/N-ethyl adjacent to an activating group) is 1. The van der Waals surface area contributed by atoms with Crippen molar-refractivity contribution in [3.05, 3.63) is 29.3 Å². The maximum Gasteiger partial charge on any atom is 0.243 e. The van der Waals surface area contributed by atoms with Crippen LogP contribution in [-0.2, 0) is 9.59 Å². The highest BCUT2D eigenvalue weighted by Gasteiger charge is 2.47. The predicted octanol–water partition coefficient (Wildman–Crippen LogP) is 1.19. The number of nitrogens with two attached hydrogens (primary N) is 1. The first-order chi connectivity index (χ1) is 9.33. The van der Waals surface area contributed by atoms with Gasteiger partial charge in [-0.3, -0.25) is 9.59 Å². The van der Waals surface area contributed by atoms with Crippen LogP contribution in [0.3, 0.4) is 0 Å². The lowest BCUT2D eigenvalue weighted by Gasteiger charge is -2.20. The van der Waals surface area contributed by atoms with Crippen molar-refractivity contribution in [1.29, 1.82) is 0 Å². The van der Waals surface area contributed by atoms with E-state index in [-0.39, 0.29) is 18.4 Å². The monoisotopic (exact) mass is 275 g/mol. The molecule has 5 heteroatoms. The second-order valence-electron chi connectivity index (χ2n) is 5.61. The first kappa shape index (κ1) is 14.5. The third-order valence-electron chi connectivity index (χ3n) is 3.82. The number of aryl methyl sites for hydroxylation is 1. The Labute approximate surface area is 119 Å². The molecule has 1 aromatic carbocycles. The fraction of sp³-hybridized carbons (Fsp3) is 0.467. The molecule has 0 saturated heterocycles. The van der Waals surface area contributed by atoms with E-state index in [1.165, 1.54) is 4.90 Å². The Kier molecular flexibility index (Phi) is 3.81. The van der Waals surface area contributed by atoms with Crippen LogP contribution < -0.4 is 11.1 Å². The molecule has 2 rings (SSSR count). The largest absolute Gasteiger partial charge is 0.335 e. The second kappa shape index (κ2) is 5.25. The zero-order chi connectivity index (χ0) is 14.9. The molecule has 0 aliphatic heterocycles. The molecule has 1 aliphatic rings. The van der Waals surface area contributed by atoms with Crippen LogP contribution in [0.15, 0.2) is 18.2 Å². The van der Waals surface area contributed by atoms with Gasteiger partial charge >= 0.3 is 0 Å². The highest BCUT2D eigenvalue weighted by Crippen LogP contribution is 2.33. The number of hydrogen-bond donors (Lipinski definition) is 2. The Morgan fingerprint density at radius 2 is 2.00 bits per heavy atom. The van der Waals surface area contributed by atoms with Crippen molar-refractivity contribution in [2.75, 3.05) is 18.9 Å². The van der Waals surface area contributed by atoms with E-state index in [2.05, 4.69) is 5.32 Å². The summed E-state index contributed by atoms with van der Waals surface area (Å²) in [6.45, 7) is 3.97. The van der Waals surface area contributed by atoms with Gasteiger partial charge in [0.15, 0.2) is 0 Å². The van der Waals surface area contributed by atoms with Gasteiger partial charge in [0.25, 0.3) is 0 Å². The smallest absolute Gasteiger partial charge is 0.243 e. The molecule has 20 heavy (non-hydrogen) atoms. The maximum absolute atomic E-state index is 12.0. The van der Waals surface area contributed by atoms with Crippen LogP contribution in [0, 0.1) is 13.8 Å². The minimum Gasteiger partial charge on any atom is -0.335 e. The maximum atomic E-state index is 12.0. The number of benzene rings is 1. The average molecular weight is 275 g/mol. The summed E-state index contributed by atoms with van der Waals surface area (Å²) in [5.74, 6) is -0.368. The van der Waals surface area contributed by atoms with Crippen LogP contribution in [0.5, 0.6) is 0 Å². The molecule has 0 aromatic heterocycles. The topological polar surface area (TPSA) is 75.4 Å². The lowest BCUT2D eigenvalue weighted by atomic mass is 10.1. The first-order valence-electron chi connectivity index (χ1n) is 6.74. The fourth-order valence-corrected chi connectivity index (χ4v) is 2.09. The molecule has 1 aliphatic carbocycles. The van der Waals surface area contributed by atoms with E-state index in [9.17, 15) is 9.59 Å². The Balaban J connectivity index is 1.95. The molecule has 2 amide bonds. The SMILES string of the molecule is Cc1cccc(NC(=O)CN(C)C(=O)C2(N)CC2)c1C. The molecule has 0 radical (unpaired) electrons. The van der Waals surface area contributed by atoms with E-state index < -0.39 is 5.54 Å². The Bertz CT molecular complexity index is 550. The molecule has 3 N–H and O–H groups in total. The van der Waals surface area contributed by atoms with Crippen molar-refractivity contribution >= 4 is 17.5 Å². The Morgan fingerprint density at radius 3 is 2.60 bits per heavy atom. The van der Waals surface area contributed by atoms with Crippen LogP contribution in [0.4, 0.5) is 5.69 Å². The molecule has 0 atom stereocenters. The molecule has 1 fully saturated rings. The summed E-state index contributed by atoms with van der Waals surface area (Å²) in [7, 11) is 1.61. The van der Waals surface area contributed by atoms with Gasteiger partial charge in [-0.25, -0.2) is 0 Å². The quantitative estimate of drug-likeness (QED) is 0.866. The summed E-state index contributed by atoms with van der Waals surface area (Å²) in [6, 6.07) is 5.74. The van der Waals surface area contributed by atoms with Gasteiger partial charge in [0.2, 0.25) is 11.8 Å². The highest BCUT2D eigenvalue weighted by atomic mass is 16.2. The molecule has 0 unspecified atom stereocenters. The molecule has 0 bridgehead atoms. The zero-order valence-corrected chi connectivity index (χ0v) is 12.2. The van der Waals surface area contributed by atoms with Gasteiger partial charge in [-0.1, -0.05) is 12.1 Å². The fourth-order valence-electron chi connectivity index (χ4n) is 2.09. The van der Waals surface area contributed by atoms with Crippen LogP contribution >= 0.6 is 0 Å². The number of carbonyl (C=O) groups excluding carboxylic acids is 2. The van der Waals surface area contributed by atoms with Crippen molar-refractivity contribution in [2.45, 2.75) is 32.2 Å². The molecular weight excluding hydrogens is 254 g/mol. The Hall–Kier alpha value is -1.88. The summed E-state index contributed by atoms with van der Waals surface area (Å²) < 4.78 is 0. The number of nitrogens with zero attached hydrogens (tertiary/aromatic N) is 1. The van der Waals surface area contributed by atoms with Gasteiger partial charge in [0.1, 0.15) is 0 Å². The summed E-state index contributed by atoms with van der Waals surface area (Å²) in [6.07, 6.45) is 1.41. The highest BCUT2D eigenvalue weighted by molar-refractivity contribution is 5.97. The van der Waals surface area contributed by atoms with Crippen LogP contribution in [-0.4, -0.2) is 35.8 Å². The van der Waals surface area contributed by atoms with Crippen LogP contribution in [0.2, 0.25) is 0 Å². The van der Waals surface area contributed by atoms with Gasteiger partial charge in [-0.2, -0.15) is 0 Å². The lowest BCUT2D eigenvalue weighted by molar-refractivity contribution is -0.135. The summed E-state index contributed by atoms with van der Waals surface area (Å²) >= 11 is 0.